The molecule has 0 spiro atoms. The number of benzene rings is 3. The highest BCUT2D eigenvalue weighted by molar-refractivity contribution is 5.66. The van der Waals surface area contributed by atoms with Crippen LogP contribution < -0.4 is 0 Å². The monoisotopic (exact) mass is 494 g/mol. The molecule has 7 heteroatoms. The van der Waals surface area contributed by atoms with Crippen molar-refractivity contribution in [3.8, 4) is 0 Å². The van der Waals surface area contributed by atoms with Gasteiger partial charge in [-0.15, -0.1) is 0 Å². The number of esters is 1. The Labute approximate surface area is 210 Å². The maximum atomic E-state index is 15.2. The average Bonchev–Trinajstić information content (AvgIpc) is 2.90. The number of carbonyl (C=O) groups excluding carboxylic acids is 1. The maximum Gasteiger partial charge on any atom is 0.303 e. The minimum absolute atomic E-state index is 0.0761. The highest BCUT2D eigenvalue weighted by atomic mass is 19.1. The van der Waals surface area contributed by atoms with Crippen LogP contribution in [0.15, 0.2) is 91.0 Å². The van der Waals surface area contributed by atoms with E-state index < -0.39 is 36.7 Å². The molecule has 1 aliphatic rings. The van der Waals surface area contributed by atoms with E-state index >= 15 is 4.39 Å². The molecular weight excluding hydrogens is 463 g/mol. The van der Waals surface area contributed by atoms with Gasteiger partial charge >= 0.3 is 5.97 Å². The Morgan fingerprint density at radius 2 is 1.19 bits per heavy atom. The normalized spacial score (nSPS) is 23.8. The predicted octanol–water partition coefficient (Wildman–Crippen LogP) is 5.00. The number of rotatable bonds is 11. The molecule has 1 fully saturated rings. The quantitative estimate of drug-likeness (QED) is 0.350. The number of hydrogen-bond acceptors (Lipinski definition) is 6. The van der Waals surface area contributed by atoms with Gasteiger partial charge in [-0.1, -0.05) is 91.0 Å². The van der Waals surface area contributed by atoms with Crippen molar-refractivity contribution in [2.45, 2.75) is 57.5 Å². The summed E-state index contributed by atoms with van der Waals surface area (Å²) in [6.45, 7) is 2.09. The Morgan fingerprint density at radius 3 is 1.69 bits per heavy atom. The van der Waals surface area contributed by atoms with Gasteiger partial charge in [0.2, 0.25) is 6.36 Å². The first kappa shape index (κ1) is 26.0. The number of carbonyl (C=O) groups is 1. The summed E-state index contributed by atoms with van der Waals surface area (Å²) in [5, 5.41) is 0. The van der Waals surface area contributed by atoms with Gasteiger partial charge in [0.25, 0.3) is 0 Å². The molecular formula is C29H31FO6. The molecule has 0 amide bonds. The Bertz CT molecular complexity index is 1050. The third kappa shape index (κ3) is 7.45. The van der Waals surface area contributed by atoms with E-state index in [1.807, 2.05) is 91.0 Å². The van der Waals surface area contributed by atoms with E-state index in [-0.39, 0.29) is 19.8 Å². The Morgan fingerprint density at radius 1 is 0.722 bits per heavy atom. The lowest BCUT2D eigenvalue weighted by Gasteiger charge is -2.43. The van der Waals surface area contributed by atoms with Crippen molar-refractivity contribution in [1.29, 1.82) is 0 Å². The van der Waals surface area contributed by atoms with Gasteiger partial charge in [-0.2, -0.15) is 0 Å². The second kappa shape index (κ2) is 13.3. The fraction of sp³-hybridized carbons (Fsp3) is 0.345. The van der Waals surface area contributed by atoms with Crippen LogP contribution >= 0.6 is 0 Å². The van der Waals surface area contributed by atoms with Gasteiger partial charge in [0.05, 0.1) is 26.4 Å². The average molecular weight is 495 g/mol. The van der Waals surface area contributed by atoms with Crippen LogP contribution in [0.1, 0.15) is 23.6 Å². The molecule has 5 atom stereocenters. The van der Waals surface area contributed by atoms with Gasteiger partial charge in [0, 0.05) is 6.92 Å². The summed E-state index contributed by atoms with van der Waals surface area (Å²) in [6, 6.07) is 28.8. The van der Waals surface area contributed by atoms with Crippen molar-refractivity contribution in [2.24, 2.45) is 0 Å². The van der Waals surface area contributed by atoms with E-state index in [1.54, 1.807) is 0 Å². The summed E-state index contributed by atoms with van der Waals surface area (Å²) >= 11 is 0. The second-order valence-electron chi connectivity index (χ2n) is 8.62. The van der Waals surface area contributed by atoms with E-state index in [1.165, 1.54) is 6.92 Å². The molecule has 1 aliphatic heterocycles. The minimum atomic E-state index is -1.89. The van der Waals surface area contributed by atoms with Gasteiger partial charge in [-0.25, -0.2) is 4.39 Å². The standard InChI is InChI=1S/C29H31FO6/c1-21(31)35-28-27(34-19-24-15-9-4-10-16-24)26(33-18-23-13-7-3-8-14-23)25(36-29(28)30)20-32-17-22-11-5-2-6-12-22/h2-16,25-29H,17-20H2,1H3/t25-,26-,27+,28+,29?/m1/s1. The van der Waals surface area contributed by atoms with Crippen molar-refractivity contribution in [1.82, 2.24) is 0 Å². The molecule has 1 heterocycles. The van der Waals surface area contributed by atoms with Crippen LogP contribution in [-0.4, -0.2) is 43.3 Å². The van der Waals surface area contributed by atoms with Gasteiger partial charge in [-0.05, 0) is 16.7 Å². The fourth-order valence-electron chi connectivity index (χ4n) is 4.11. The van der Waals surface area contributed by atoms with E-state index in [9.17, 15) is 4.79 Å². The van der Waals surface area contributed by atoms with Gasteiger partial charge in [0.1, 0.15) is 18.3 Å². The molecule has 0 saturated carbocycles. The minimum Gasteiger partial charge on any atom is -0.454 e. The Kier molecular flexibility index (Phi) is 9.58. The number of ether oxygens (including phenoxy) is 5. The van der Waals surface area contributed by atoms with E-state index in [4.69, 9.17) is 23.7 Å². The van der Waals surface area contributed by atoms with Gasteiger partial charge < -0.3 is 23.7 Å². The van der Waals surface area contributed by atoms with Crippen LogP contribution in [0.4, 0.5) is 4.39 Å². The van der Waals surface area contributed by atoms with E-state index in [0.717, 1.165) is 16.7 Å². The molecule has 0 aromatic heterocycles. The molecule has 6 nitrogen and oxygen atoms in total. The maximum absolute atomic E-state index is 15.2. The van der Waals surface area contributed by atoms with Crippen molar-refractivity contribution in [2.75, 3.05) is 6.61 Å². The molecule has 1 saturated heterocycles. The summed E-state index contributed by atoms with van der Waals surface area (Å²) in [4.78, 5) is 11.8. The zero-order valence-corrected chi connectivity index (χ0v) is 20.2. The lowest BCUT2D eigenvalue weighted by Crippen LogP contribution is -2.60. The van der Waals surface area contributed by atoms with Crippen LogP contribution in [0, 0.1) is 0 Å². The van der Waals surface area contributed by atoms with Crippen LogP contribution in [0.5, 0.6) is 0 Å². The zero-order chi connectivity index (χ0) is 25.2. The summed E-state index contributed by atoms with van der Waals surface area (Å²) in [5.41, 5.74) is 2.83. The van der Waals surface area contributed by atoms with Gasteiger partial charge in [0.15, 0.2) is 6.10 Å². The number of hydrogen-bond donors (Lipinski definition) is 0. The predicted molar refractivity (Wildman–Crippen MR) is 131 cm³/mol. The number of halogens is 1. The molecule has 0 radical (unpaired) electrons. The largest absolute Gasteiger partial charge is 0.454 e. The van der Waals surface area contributed by atoms with Crippen LogP contribution in [0.2, 0.25) is 0 Å². The molecule has 3 aromatic rings. The lowest BCUT2D eigenvalue weighted by atomic mass is 9.98. The SMILES string of the molecule is CC(=O)O[C@@H]1C(F)O[C@H](COCc2ccccc2)[C@@H](OCc2ccccc2)[C@@H]1OCc1ccccc1. The second-order valence-corrected chi connectivity index (χ2v) is 8.62. The molecule has 0 aliphatic carbocycles. The van der Waals surface area contributed by atoms with Crippen molar-refractivity contribution >= 4 is 5.97 Å². The summed E-state index contributed by atoms with van der Waals surface area (Å²) in [5.74, 6) is -0.625. The Hall–Kier alpha value is -3.10. The third-order valence-electron chi connectivity index (χ3n) is 5.84. The summed E-state index contributed by atoms with van der Waals surface area (Å²) < 4.78 is 44.5. The van der Waals surface area contributed by atoms with Crippen molar-refractivity contribution in [3.05, 3.63) is 108 Å². The third-order valence-corrected chi connectivity index (χ3v) is 5.84. The molecule has 1 unspecified atom stereocenters. The molecule has 0 bridgehead atoms. The molecule has 0 N–H and O–H groups in total. The molecule has 4 rings (SSSR count). The van der Waals surface area contributed by atoms with Gasteiger partial charge in [-0.3, -0.25) is 4.79 Å². The fourth-order valence-corrected chi connectivity index (χ4v) is 4.11. The first-order valence-corrected chi connectivity index (χ1v) is 12.0. The highest BCUT2D eigenvalue weighted by Crippen LogP contribution is 2.31. The van der Waals surface area contributed by atoms with Crippen LogP contribution in [0.3, 0.4) is 0 Å². The first-order valence-electron chi connectivity index (χ1n) is 12.0. The highest BCUT2D eigenvalue weighted by Gasteiger charge is 2.50. The molecule has 3 aromatic carbocycles. The lowest BCUT2D eigenvalue weighted by molar-refractivity contribution is -0.291. The topological polar surface area (TPSA) is 63.2 Å². The molecule has 190 valence electrons. The Balaban J connectivity index is 1.53. The summed E-state index contributed by atoms with van der Waals surface area (Å²) in [6.07, 6.45) is -5.61. The van der Waals surface area contributed by atoms with Crippen molar-refractivity contribution < 1.29 is 32.9 Å². The zero-order valence-electron chi connectivity index (χ0n) is 20.2. The summed E-state index contributed by atoms with van der Waals surface area (Å²) in [7, 11) is 0. The van der Waals surface area contributed by atoms with E-state index in [0.29, 0.717) is 6.61 Å². The number of alkyl halides is 1. The van der Waals surface area contributed by atoms with Crippen molar-refractivity contribution in [3.63, 3.8) is 0 Å². The van der Waals surface area contributed by atoms with Crippen LogP contribution in [-0.2, 0) is 48.3 Å². The first-order chi connectivity index (χ1) is 17.6. The molecule has 36 heavy (non-hydrogen) atoms. The van der Waals surface area contributed by atoms with E-state index in [2.05, 4.69) is 0 Å². The smallest absolute Gasteiger partial charge is 0.303 e. The van der Waals surface area contributed by atoms with Crippen LogP contribution in [0.25, 0.3) is 0 Å².